The highest BCUT2D eigenvalue weighted by Crippen LogP contribution is 2.33. The van der Waals surface area contributed by atoms with Crippen LogP contribution in [-0.2, 0) is 28.4 Å². The number of rotatable bonds is 21. The number of ether oxygens (including phenoxy) is 6. The molecule has 0 fully saturated rings. The molecule has 3 aromatic rings. The van der Waals surface area contributed by atoms with Crippen molar-refractivity contribution in [3.05, 3.63) is 33.8 Å². The molecule has 0 amide bonds. The summed E-state index contributed by atoms with van der Waals surface area (Å²) in [6.45, 7) is 14.3. The number of hydrogen-bond donors (Lipinski definition) is 0. The van der Waals surface area contributed by atoms with Crippen LogP contribution in [0.3, 0.4) is 0 Å². The van der Waals surface area contributed by atoms with Gasteiger partial charge in [0.15, 0.2) is 0 Å². The van der Waals surface area contributed by atoms with E-state index in [4.69, 9.17) is 42.0 Å². The van der Waals surface area contributed by atoms with Gasteiger partial charge in [0.25, 0.3) is 0 Å². The zero-order chi connectivity index (χ0) is 31.4. The van der Waals surface area contributed by atoms with E-state index in [9.17, 15) is 0 Å². The first-order chi connectivity index (χ1) is 20.8. The van der Waals surface area contributed by atoms with Gasteiger partial charge in [0.2, 0.25) is 17.7 Å². The molecule has 3 aromatic heterocycles. The second-order valence-electron chi connectivity index (χ2n) is 9.94. The molecule has 0 aliphatic carbocycles. The lowest BCUT2D eigenvalue weighted by atomic mass is 10.3. The standard InChI is InChI=1S/3C9H15N2O3.Al/c3*1-7-8(2)11-14-9(7)10-6-13-5-4-12-3;/h3*4-6H2,1-3H3;/q3*-1;+3. The van der Waals surface area contributed by atoms with E-state index < -0.39 is 14.8 Å². The van der Waals surface area contributed by atoms with Crippen LogP contribution in [0.4, 0.5) is 17.7 Å². The Morgan fingerprint density at radius 3 is 0.977 bits per heavy atom. The molecule has 16 heteroatoms. The summed E-state index contributed by atoms with van der Waals surface area (Å²) < 4.78 is 58.2. The lowest BCUT2D eigenvalue weighted by Gasteiger charge is -2.40. The molecule has 0 aliphatic rings. The van der Waals surface area contributed by atoms with Crippen LogP contribution in [0.5, 0.6) is 0 Å². The average molecular weight is 625 g/mol. The van der Waals surface area contributed by atoms with Crippen molar-refractivity contribution < 1.29 is 42.0 Å². The Bertz CT molecular complexity index is 1090. The number of anilines is 3. The first kappa shape index (κ1) is 34.8. The molecule has 0 spiro atoms. The summed E-state index contributed by atoms with van der Waals surface area (Å²) in [6, 6.07) is 0. The summed E-state index contributed by atoms with van der Waals surface area (Å²) in [6.07, 6.45) is 0. The normalized spacial score (nSPS) is 11.4. The molecule has 3 rings (SSSR count). The SMILES string of the molecule is COCCOC[N](c1onc(C)c1C)[Al]([N](COCCOC)c1onc(C)c1C)[N](COCCOC)c1onc(C)c1C. The molecular weight excluding hydrogens is 579 g/mol. The highest BCUT2D eigenvalue weighted by Gasteiger charge is 2.51. The maximum Gasteiger partial charge on any atom is 0.755 e. The van der Waals surface area contributed by atoms with Gasteiger partial charge in [-0.3, -0.25) is 0 Å². The molecular formula is C27H45AlN6O9. The van der Waals surface area contributed by atoms with Crippen molar-refractivity contribution in [2.45, 2.75) is 41.5 Å². The van der Waals surface area contributed by atoms with Gasteiger partial charge in [-0.2, -0.15) is 0 Å². The molecule has 0 radical (unpaired) electrons. The van der Waals surface area contributed by atoms with Gasteiger partial charge < -0.3 is 53.6 Å². The number of nitrogens with zero attached hydrogens (tertiary/aromatic N) is 6. The van der Waals surface area contributed by atoms with Gasteiger partial charge in [-0.25, -0.2) is 0 Å². The third kappa shape index (κ3) is 8.93. The summed E-state index contributed by atoms with van der Waals surface area (Å²) in [5.41, 5.74) is 4.87. The van der Waals surface area contributed by atoms with Crippen molar-refractivity contribution in [1.29, 1.82) is 0 Å². The Labute approximate surface area is 257 Å². The van der Waals surface area contributed by atoms with Gasteiger partial charge >= 0.3 is 14.8 Å². The number of hydrogen-bond acceptors (Lipinski definition) is 15. The van der Waals surface area contributed by atoms with Crippen LogP contribution in [0, 0.1) is 41.5 Å². The molecule has 0 bridgehead atoms. The molecule has 0 aliphatic heterocycles. The van der Waals surface area contributed by atoms with E-state index in [2.05, 4.69) is 15.5 Å². The summed E-state index contributed by atoms with van der Waals surface area (Å²) in [5.74, 6) is 1.62. The minimum Gasteiger partial charge on any atom is -0.382 e. The highest BCUT2D eigenvalue weighted by atomic mass is 27.2. The minimum atomic E-state index is -2.86. The molecule has 0 saturated heterocycles. The van der Waals surface area contributed by atoms with E-state index in [1.165, 1.54) is 0 Å². The maximum atomic E-state index is 6.15. The zero-order valence-corrected chi connectivity index (χ0v) is 28.0. The Kier molecular flexibility index (Phi) is 14.2. The van der Waals surface area contributed by atoms with E-state index >= 15 is 0 Å². The van der Waals surface area contributed by atoms with Gasteiger partial charge in [-0.05, 0) is 41.5 Å². The van der Waals surface area contributed by atoms with E-state index in [0.717, 1.165) is 33.8 Å². The third-order valence-electron chi connectivity index (χ3n) is 7.00. The van der Waals surface area contributed by atoms with Crippen molar-refractivity contribution in [3.8, 4) is 0 Å². The van der Waals surface area contributed by atoms with Crippen molar-refractivity contribution >= 4 is 32.5 Å². The van der Waals surface area contributed by atoms with Gasteiger partial charge in [-0.15, -0.1) is 0 Å². The van der Waals surface area contributed by atoms with Gasteiger partial charge in [-0.1, -0.05) is 15.5 Å². The summed E-state index contributed by atoms with van der Waals surface area (Å²) in [4.78, 5) is 0. The van der Waals surface area contributed by atoms with Crippen LogP contribution in [0.25, 0.3) is 0 Å². The monoisotopic (exact) mass is 624 g/mol. The Hall–Kier alpha value is -2.68. The predicted molar refractivity (Wildman–Crippen MR) is 159 cm³/mol. The Morgan fingerprint density at radius 1 is 0.488 bits per heavy atom. The van der Waals surface area contributed by atoms with Crippen LogP contribution in [0.1, 0.15) is 33.8 Å². The van der Waals surface area contributed by atoms with Crippen molar-refractivity contribution in [2.24, 2.45) is 0 Å². The quantitative estimate of drug-likeness (QED) is 0.0971. The van der Waals surface area contributed by atoms with Crippen LogP contribution >= 0.6 is 0 Å². The first-order valence-electron chi connectivity index (χ1n) is 14.0. The highest BCUT2D eigenvalue weighted by molar-refractivity contribution is 6.70. The van der Waals surface area contributed by atoms with Gasteiger partial charge in [0.1, 0.15) is 20.2 Å². The summed E-state index contributed by atoms with van der Waals surface area (Å²) in [7, 11) is 4.89. The fourth-order valence-corrected chi connectivity index (χ4v) is 7.20. The van der Waals surface area contributed by atoms with E-state index in [1.54, 1.807) is 21.3 Å². The van der Waals surface area contributed by atoms with Crippen LogP contribution in [-0.4, -0.2) is 111 Å². The lowest BCUT2D eigenvalue weighted by molar-refractivity contribution is 0.0675. The predicted octanol–water partition coefficient (Wildman–Crippen LogP) is 3.17. The molecule has 240 valence electrons. The first-order valence-corrected chi connectivity index (χ1v) is 15.6. The van der Waals surface area contributed by atoms with Crippen LogP contribution in [0.2, 0.25) is 0 Å². The van der Waals surface area contributed by atoms with Gasteiger partial charge in [0.05, 0.1) is 56.7 Å². The number of methoxy groups -OCH3 is 3. The minimum absolute atomic E-state index is 0.136. The van der Waals surface area contributed by atoms with Gasteiger partial charge in [0, 0.05) is 38.0 Å². The van der Waals surface area contributed by atoms with Crippen molar-refractivity contribution in [3.63, 3.8) is 0 Å². The molecule has 0 saturated carbocycles. The Balaban J connectivity index is 2.24. The number of aryl methyl sites for hydroxylation is 3. The third-order valence-corrected chi connectivity index (χ3v) is 9.83. The van der Waals surface area contributed by atoms with Crippen molar-refractivity contribution in [1.82, 2.24) is 15.5 Å². The van der Waals surface area contributed by atoms with Crippen molar-refractivity contribution in [2.75, 3.05) is 92.8 Å². The molecule has 0 aromatic carbocycles. The summed E-state index contributed by atoms with van der Waals surface area (Å²) in [5, 5.41) is 12.8. The Morgan fingerprint density at radius 2 is 0.767 bits per heavy atom. The van der Waals surface area contributed by atoms with Crippen LogP contribution in [0.15, 0.2) is 13.6 Å². The molecule has 15 nitrogen and oxygen atoms in total. The zero-order valence-electron chi connectivity index (χ0n) is 26.8. The fourth-order valence-electron chi connectivity index (χ4n) is 4.12. The van der Waals surface area contributed by atoms with E-state index in [-0.39, 0.29) is 20.2 Å². The number of aromatic nitrogens is 3. The van der Waals surface area contributed by atoms with E-state index in [0.29, 0.717) is 57.3 Å². The molecule has 0 atom stereocenters. The lowest BCUT2D eigenvalue weighted by Crippen LogP contribution is -2.66. The second kappa shape index (κ2) is 17.6. The fraction of sp³-hybridized carbons (Fsp3) is 0.667. The average Bonchev–Trinajstić information content (AvgIpc) is 3.63. The maximum absolute atomic E-state index is 6.15. The smallest absolute Gasteiger partial charge is 0.382 e. The topological polar surface area (TPSA) is 143 Å². The largest absolute Gasteiger partial charge is 0.755 e. The van der Waals surface area contributed by atoms with Crippen LogP contribution < -0.4 is 11.7 Å². The summed E-state index contributed by atoms with van der Waals surface area (Å²) >= 11 is -2.86. The molecule has 3 heterocycles. The van der Waals surface area contributed by atoms with E-state index in [1.807, 2.05) is 53.2 Å². The molecule has 0 unspecified atom stereocenters. The molecule has 43 heavy (non-hydrogen) atoms. The molecule has 0 N–H and O–H groups in total. The second-order valence-corrected chi connectivity index (χ2v) is 12.5.